The molecule has 5 heteroatoms. The maximum Gasteiger partial charge on any atom is 0.306 e. The van der Waals surface area contributed by atoms with Crippen molar-refractivity contribution < 1.29 is 19.1 Å². The van der Waals surface area contributed by atoms with Crippen molar-refractivity contribution in [2.45, 2.75) is 39.0 Å². The fraction of sp³-hybridized carbons (Fsp3) is 0.500. The number of rotatable bonds is 3. The molecule has 2 unspecified atom stereocenters. The number of carbonyl (C=O) groups excluding carboxylic acids is 1. The second-order valence-corrected chi connectivity index (χ2v) is 7.46. The molecule has 1 amide bonds. The maximum atomic E-state index is 12.7. The van der Waals surface area contributed by atoms with Gasteiger partial charge in [-0.25, -0.2) is 0 Å². The van der Waals surface area contributed by atoms with Crippen LogP contribution in [0.1, 0.15) is 36.5 Å². The zero-order valence-corrected chi connectivity index (χ0v) is 14.5. The average molecular weight is 341 g/mol. The molecule has 132 valence electrons. The molecule has 2 heterocycles. The molecule has 1 aliphatic heterocycles. The van der Waals surface area contributed by atoms with Crippen molar-refractivity contribution in [2.24, 2.45) is 11.8 Å². The summed E-state index contributed by atoms with van der Waals surface area (Å²) >= 11 is 0. The average Bonchev–Trinajstić information content (AvgIpc) is 3.19. The van der Waals surface area contributed by atoms with Crippen LogP contribution in [0.2, 0.25) is 0 Å². The van der Waals surface area contributed by atoms with E-state index in [0.717, 1.165) is 29.4 Å². The van der Waals surface area contributed by atoms with Crippen molar-refractivity contribution in [3.05, 3.63) is 35.1 Å². The number of piperidine rings is 1. The van der Waals surface area contributed by atoms with Crippen molar-refractivity contribution in [1.29, 1.82) is 0 Å². The molecule has 1 N–H and O–H groups in total. The van der Waals surface area contributed by atoms with Crippen molar-refractivity contribution in [3.8, 4) is 0 Å². The van der Waals surface area contributed by atoms with E-state index in [1.807, 2.05) is 6.92 Å². The highest BCUT2D eigenvalue weighted by molar-refractivity contribution is 5.89. The fourth-order valence-electron chi connectivity index (χ4n) is 4.30. The Kier molecular flexibility index (Phi) is 4.02. The van der Waals surface area contributed by atoms with Crippen LogP contribution in [0, 0.1) is 11.8 Å². The molecule has 1 aromatic heterocycles. The Hall–Kier alpha value is -2.30. The predicted molar refractivity (Wildman–Crippen MR) is 93.4 cm³/mol. The standard InChI is InChI=1S/C20H23NO4/c1-12-10-21(6-5-16(12)20(23)24)19(22)9-15-11-25-18-8-14-4-2-3-13(14)7-17(15)18/h7-8,11-12,16H,2-6,9-10H2,1H3,(H,23,24). The molecular formula is C20H23NO4. The summed E-state index contributed by atoms with van der Waals surface area (Å²) in [5.74, 6) is -1.06. The van der Waals surface area contributed by atoms with E-state index in [1.54, 1.807) is 11.2 Å². The van der Waals surface area contributed by atoms with Crippen molar-refractivity contribution in [2.75, 3.05) is 13.1 Å². The SMILES string of the molecule is CC1CN(C(=O)Cc2coc3cc4c(cc23)CCC4)CCC1C(=O)O. The van der Waals surface area contributed by atoms with E-state index in [9.17, 15) is 14.7 Å². The number of likely N-dealkylation sites (tertiary alicyclic amines) is 1. The summed E-state index contributed by atoms with van der Waals surface area (Å²) in [6.45, 7) is 2.95. The smallest absolute Gasteiger partial charge is 0.306 e. The topological polar surface area (TPSA) is 70.8 Å². The molecule has 0 spiro atoms. The minimum absolute atomic E-state index is 0.0143. The number of fused-ring (bicyclic) bond motifs is 2. The summed E-state index contributed by atoms with van der Waals surface area (Å²) in [7, 11) is 0. The van der Waals surface area contributed by atoms with Gasteiger partial charge in [0.15, 0.2) is 0 Å². The summed E-state index contributed by atoms with van der Waals surface area (Å²) in [5, 5.41) is 10.3. The lowest BCUT2D eigenvalue weighted by molar-refractivity contribution is -0.148. The molecule has 2 aromatic rings. The van der Waals surface area contributed by atoms with Gasteiger partial charge in [-0.1, -0.05) is 6.92 Å². The Bertz CT molecular complexity index is 838. The highest BCUT2D eigenvalue weighted by atomic mass is 16.4. The summed E-state index contributed by atoms with van der Waals surface area (Å²) in [5.41, 5.74) is 4.53. The van der Waals surface area contributed by atoms with Gasteiger partial charge in [0.05, 0.1) is 18.6 Å². The van der Waals surface area contributed by atoms with Gasteiger partial charge in [-0.3, -0.25) is 9.59 Å². The predicted octanol–water partition coefficient (Wildman–Crippen LogP) is 3.03. The Morgan fingerprint density at radius 3 is 2.76 bits per heavy atom. The van der Waals surface area contributed by atoms with Gasteiger partial charge in [-0.05, 0) is 54.9 Å². The van der Waals surface area contributed by atoms with Gasteiger partial charge >= 0.3 is 5.97 Å². The summed E-state index contributed by atoms with van der Waals surface area (Å²) in [6.07, 6.45) is 5.94. The van der Waals surface area contributed by atoms with Crippen LogP contribution in [-0.4, -0.2) is 35.0 Å². The number of amides is 1. The van der Waals surface area contributed by atoms with Gasteiger partial charge < -0.3 is 14.4 Å². The highest BCUT2D eigenvalue weighted by Gasteiger charge is 2.33. The Balaban J connectivity index is 1.50. The van der Waals surface area contributed by atoms with Crippen molar-refractivity contribution in [1.82, 2.24) is 4.90 Å². The maximum absolute atomic E-state index is 12.7. The lowest BCUT2D eigenvalue weighted by Crippen LogP contribution is -2.45. The van der Waals surface area contributed by atoms with E-state index >= 15 is 0 Å². The molecule has 1 aliphatic carbocycles. The molecule has 1 saturated heterocycles. The molecule has 0 radical (unpaired) electrons. The summed E-state index contributed by atoms with van der Waals surface area (Å²) < 4.78 is 5.68. The van der Waals surface area contributed by atoms with Crippen LogP contribution in [-0.2, 0) is 28.9 Å². The number of carboxylic acids is 1. The molecule has 2 aliphatic rings. The zero-order chi connectivity index (χ0) is 17.6. The fourth-order valence-corrected chi connectivity index (χ4v) is 4.30. The van der Waals surface area contributed by atoms with E-state index in [0.29, 0.717) is 25.9 Å². The Morgan fingerprint density at radius 2 is 2.04 bits per heavy atom. The number of benzene rings is 1. The van der Waals surface area contributed by atoms with Crippen LogP contribution in [0.15, 0.2) is 22.8 Å². The number of carboxylic acid groups (broad SMARTS) is 1. The molecule has 1 fully saturated rings. The molecular weight excluding hydrogens is 318 g/mol. The summed E-state index contributed by atoms with van der Waals surface area (Å²) in [4.78, 5) is 25.7. The van der Waals surface area contributed by atoms with Crippen LogP contribution in [0.4, 0.5) is 0 Å². The van der Waals surface area contributed by atoms with Crippen LogP contribution in [0.25, 0.3) is 11.0 Å². The second-order valence-electron chi connectivity index (χ2n) is 7.46. The van der Waals surface area contributed by atoms with E-state index in [-0.39, 0.29) is 17.7 Å². The zero-order valence-electron chi connectivity index (χ0n) is 14.5. The Morgan fingerprint density at radius 1 is 1.28 bits per heavy atom. The van der Waals surface area contributed by atoms with Crippen LogP contribution in [0.5, 0.6) is 0 Å². The van der Waals surface area contributed by atoms with Crippen molar-refractivity contribution in [3.63, 3.8) is 0 Å². The van der Waals surface area contributed by atoms with Gasteiger partial charge in [-0.2, -0.15) is 0 Å². The minimum Gasteiger partial charge on any atom is -0.481 e. The second kappa shape index (κ2) is 6.21. The van der Waals surface area contributed by atoms with Crippen LogP contribution in [0.3, 0.4) is 0 Å². The van der Waals surface area contributed by atoms with Crippen LogP contribution >= 0.6 is 0 Å². The Labute approximate surface area is 146 Å². The summed E-state index contributed by atoms with van der Waals surface area (Å²) in [6, 6.07) is 4.30. The molecule has 1 aromatic carbocycles. The number of aliphatic carboxylic acids is 1. The molecule has 2 atom stereocenters. The van der Waals surface area contributed by atoms with Gasteiger partial charge in [-0.15, -0.1) is 0 Å². The normalized spacial score (nSPS) is 23.0. The van der Waals surface area contributed by atoms with E-state index in [4.69, 9.17) is 4.42 Å². The first-order chi connectivity index (χ1) is 12.0. The van der Waals surface area contributed by atoms with Gasteiger partial charge in [0.25, 0.3) is 0 Å². The first-order valence-corrected chi connectivity index (χ1v) is 9.05. The molecule has 0 bridgehead atoms. The molecule has 4 rings (SSSR count). The van der Waals surface area contributed by atoms with Crippen LogP contribution < -0.4 is 0 Å². The lowest BCUT2D eigenvalue weighted by Gasteiger charge is -2.35. The number of hydrogen-bond donors (Lipinski definition) is 1. The largest absolute Gasteiger partial charge is 0.481 e. The molecule has 5 nitrogen and oxygen atoms in total. The number of hydrogen-bond acceptors (Lipinski definition) is 3. The van der Waals surface area contributed by atoms with Gasteiger partial charge in [0.1, 0.15) is 5.58 Å². The molecule has 25 heavy (non-hydrogen) atoms. The van der Waals surface area contributed by atoms with Gasteiger partial charge in [0.2, 0.25) is 5.91 Å². The third-order valence-corrected chi connectivity index (χ3v) is 5.78. The van der Waals surface area contributed by atoms with E-state index in [2.05, 4.69) is 12.1 Å². The highest BCUT2D eigenvalue weighted by Crippen LogP contribution is 2.31. The monoisotopic (exact) mass is 341 g/mol. The quantitative estimate of drug-likeness (QED) is 0.931. The first kappa shape index (κ1) is 16.2. The van der Waals surface area contributed by atoms with E-state index < -0.39 is 5.97 Å². The minimum atomic E-state index is -0.755. The number of aryl methyl sites for hydroxylation is 2. The first-order valence-electron chi connectivity index (χ1n) is 9.05. The number of carbonyl (C=O) groups is 2. The molecule has 0 saturated carbocycles. The number of furan rings is 1. The van der Waals surface area contributed by atoms with Crippen molar-refractivity contribution >= 4 is 22.8 Å². The van der Waals surface area contributed by atoms with Gasteiger partial charge in [0, 0.05) is 24.0 Å². The third-order valence-electron chi connectivity index (χ3n) is 5.78. The number of nitrogens with zero attached hydrogens (tertiary/aromatic N) is 1. The lowest BCUT2D eigenvalue weighted by atomic mass is 9.87. The van der Waals surface area contributed by atoms with E-state index in [1.165, 1.54) is 17.5 Å². The third kappa shape index (κ3) is 2.92.